The first-order chi connectivity index (χ1) is 5.04. The van der Waals surface area contributed by atoms with E-state index in [1.165, 1.54) is 0 Å². The zero-order valence-electron chi connectivity index (χ0n) is 7.26. The van der Waals surface area contributed by atoms with Gasteiger partial charge >= 0.3 is 5.97 Å². The first kappa shape index (κ1) is 8.31. The third-order valence-corrected chi connectivity index (χ3v) is 2.20. The maximum atomic E-state index is 11.0. The summed E-state index contributed by atoms with van der Waals surface area (Å²) in [5.74, 6) is 0.340. The molecule has 2 atom stereocenters. The van der Waals surface area contributed by atoms with Crippen LogP contribution in [0.15, 0.2) is 12.2 Å². The monoisotopic (exact) mass is 154 g/mol. The van der Waals surface area contributed by atoms with Crippen LogP contribution in [0.5, 0.6) is 0 Å². The van der Waals surface area contributed by atoms with Gasteiger partial charge in [-0.05, 0) is 5.92 Å². The normalized spacial score (nSPS) is 31.3. The van der Waals surface area contributed by atoms with Crippen molar-refractivity contribution in [2.24, 2.45) is 11.8 Å². The van der Waals surface area contributed by atoms with Gasteiger partial charge in [-0.3, -0.25) is 0 Å². The predicted octanol–water partition coefficient (Wildman–Crippen LogP) is 1.76. The Kier molecular flexibility index (Phi) is 2.03. The highest BCUT2D eigenvalue weighted by atomic mass is 16.6. The summed E-state index contributed by atoms with van der Waals surface area (Å²) in [6.07, 6.45) is 0.0370. The highest BCUT2D eigenvalue weighted by molar-refractivity contribution is 5.90. The smallest absolute Gasteiger partial charge is 0.334 e. The van der Waals surface area contributed by atoms with Gasteiger partial charge in [-0.15, -0.1) is 0 Å². The van der Waals surface area contributed by atoms with Gasteiger partial charge in [0.05, 0.1) is 0 Å². The maximum absolute atomic E-state index is 11.0. The lowest BCUT2D eigenvalue weighted by Gasteiger charge is -2.16. The fourth-order valence-corrected chi connectivity index (χ4v) is 1.40. The summed E-state index contributed by atoms with van der Waals surface area (Å²) in [7, 11) is 0. The minimum Gasteiger partial charge on any atom is -0.458 e. The number of carbonyl (C=O) groups excluding carboxylic acids is 1. The van der Waals surface area contributed by atoms with E-state index in [0.29, 0.717) is 11.5 Å². The molecule has 0 spiro atoms. The van der Waals surface area contributed by atoms with Gasteiger partial charge in [0.1, 0.15) is 6.10 Å². The topological polar surface area (TPSA) is 26.3 Å². The minimum atomic E-state index is -0.226. The Balaban J connectivity index is 2.75. The van der Waals surface area contributed by atoms with Crippen LogP contribution in [0.3, 0.4) is 0 Å². The van der Waals surface area contributed by atoms with Gasteiger partial charge in [0, 0.05) is 11.5 Å². The average Bonchev–Trinajstić information content (AvgIpc) is 2.17. The molecule has 0 aliphatic carbocycles. The van der Waals surface area contributed by atoms with Crippen molar-refractivity contribution in [2.75, 3.05) is 0 Å². The lowest BCUT2D eigenvalue weighted by Crippen LogP contribution is -2.20. The third kappa shape index (κ3) is 1.30. The molecule has 1 saturated heterocycles. The summed E-state index contributed by atoms with van der Waals surface area (Å²) in [5.41, 5.74) is 0.615. The largest absolute Gasteiger partial charge is 0.458 e. The third-order valence-electron chi connectivity index (χ3n) is 2.20. The van der Waals surface area contributed by atoms with Gasteiger partial charge in [-0.2, -0.15) is 0 Å². The molecule has 0 saturated carbocycles. The molecule has 0 unspecified atom stereocenters. The summed E-state index contributed by atoms with van der Waals surface area (Å²) >= 11 is 0. The summed E-state index contributed by atoms with van der Waals surface area (Å²) < 4.78 is 5.11. The first-order valence-electron chi connectivity index (χ1n) is 3.93. The molecule has 1 heterocycles. The molecule has 11 heavy (non-hydrogen) atoms. The Morgan fingerprint density at radius 2 is 2.09 bits per heavy atom. The van der Waals surface area contributed by atoms with Crippen LogP contribution in [0.1, 0.15) is 20.8 Å². The van der Waals surface area contributed by atoms with Gasteiger partial charge < -0.3 is 4.74 Å². The number of carbonyl (C=O) groups is 1. The molecule has 0 aromatic carbocycles. The molecule has 1 aliphatic rings. The molecule has 2 nitrogen and oxygen atoms in total. The average molecular weight is 154 g/mol. The number of esters is 1. The van der Waals surface area contributed by atoms with Gasteiger partial charge in [0.15, 0.2) is 0 Å². The number of hydrogen-bond acceptors (Lipinski definition) is 2. The van der Waals surface area contributed by atoms with Crippen molar-refractivity contribution >= 4 is 5.97 Å². The van der Waals surface area contributed by atoms with E-state index in [1.807, 2.05) is 20.8 Å². The van der Waals surface area contributed by atoms with Crippen LogP contribution in [-0.2, 0) is 9.53 Å². The summed E-state index contributed by atoms with van der Waals surface area (Å²) in [4.78, 5) is 11.0. The Bertz CT molecular complexity index is 194. The van der Waals surface area contributed by atoms with Crippen LogP contribution >= 0.6 is 0 Å². The van der Waals surface area contributed by atoms with Gasteiger partial charge in [0.25, 0.3) is 0 Å². The van der Waals surface area contributed by atoms with E-state index in [-0.39, 0.29) is 18.0 Å². The van der Waals surface area contributed by atoms with Crippen molar-refractivity contribution in [3.05, 3.63) is 12.2 Å². The minimum absolute atomic E-state index is 0.0370. The Hall–Kier alpha value is -0.790. The van der Waals surface area contributed by atoms with Crippen molar-refractivity contribution in [1.82, 2.24) is 0 Å². The molecule has 0 radical (unpaired) electrons. The van der Waals surface area contributed by atoms with E-state index >= 15 is 0 Å². The zero-order chi connectivity index (χ0) is 8.59. The number of hydrogen-bond donors (Lipinski definition) is 0. The standard InChI is InChI=1S/C9H14O2/c1-5(2)8-6(3)7(4)9(10)11-8/h5-6,8H,4H2,1-3H3/t6-,8-/m0/s1. The SMILES string of the molecule is C=C1C(=O)O[C@@H](C(C)C)[C@H]1C. The van der Waals surface area contributed by atoms with Crippen molar-refractivity contribution in [1.29, 1.82) is 0 Å². The molecule has 2 heteroatoms. The van der Waals surface area contributed by atoms with E-state index in [9.17, 15) is 4.79 Å². The Morgan fingerprint density at radius 1 is 1.55 bits per heavy atom. The molecule has 0 aromatic heterocycles. The number of rotatable bonds is 1. The van der Waals surface area contributed by atoms with E-state index in [0.717, 1.165) is 0 Å². The second-order valence-electron chi connectivity index (χ2n) is 3.43. The summed E-state index contributed by atoms with van der Waals surface area (Å²) in [6.45, 7) is 9.76. The van der Waals surface area contributed by atoms with E-state index in [2.05, 4.69) is 6.58 Å². The number of ether oxygens (including phenoxy) is 1. The second-order valence-corrected chi connectivity index (χ2v) is 3.43. The lowest BCUT2D eigenvalue weighted by atomic mass is 9.92. The zero-order valence-corrected chi connectivity index (χ0v) is 7.26. The van der Waals surface area contributed by atoms with Crippen LogP contribution in [0.4, 0.5) is 0 Å². The van der Waals surface area contributed by atoms with Crippen LogP contribution in [0.2, 0.25) is 0 Å². The molecule has 1 aliphatic heterocycles. The summed E-state index contributed by atoms with van der Waals surface area (Å²) in [6, 6.07) is 0. The van der Waals surface area contributed by atoms with Gasteiger partial charge in [-0.25, -0.2) is 4.79 Å². The van der Waals surface area contributed by atoms with E-state index < -0.39 is 0 Å². The van der Waals surface area contributed by atoms with Crippen molar-refractivity contribution < 1.29 is 9.53 Å². The van der Waals surface area contributed by atoms with Gasteiger partial charge in [0.2, 0.25) is 0 Å². The highest BCUT2D eigenvalue weighted by Crippen LogP contribution is 2.30. The van der Waals surface area contributed by atoms with Crippen LogP contribution in [0.25, 0.3) is 0 Å². The molecule has 0 N–H and O–H groups in total. The quantitative estimate of drug-likeness (QED) is 0.425. The lowest BCUT2D eigenvalue weighted by molar-refractivity contribution is -0.140. The Morgan fingerprint density at radius 3 is 2.27 bits per heavy atom. The van der Waals surface area contributed by atoms with Crippen LogP contribution in [-0.4, -0.2) is 12.1 Å². The predicted molar refractivity (Wildman–Crippen MR) is 43.0 cm³/mol. The molecule has 1 fully saturated rings. The molecule has 0 aromatic rings. The molecule has 62 valence electrons. The fraction of sp³-hybridized carbons (Fsp3) is 0.667. The van der Waals surface area contributed by atoms with Crippen molar-refractivity contribution in [3.8, 4) is 0 Å². The molecule has 0 amide bonds. The van der Waals surface area contributed by atoms with Crippen LogP contribution in [0, 0.1) is 11.8 Å². The number of cyclic esters (lactones) is 1. The Labute approximate surface area is 67.2 Å². The van der Waals surface area contributed by atoms with E-state index in [4.69, 9.17) is 4.74 Å². The molecular weight excluding hydrogens is 140 g/mol. The maximum Gasteiger partial charge on any atom is 0.334 e. The van der Waals surface area contributed by atoms with Crippen LogP contribution < -0.4 is 0 Å². The van der Waals surface area contributed by atoms with Crippen molar-refractivity contribution in [2.45, 2.75) is 26.9 Å². The second kappa shape index (κ2) is 2.68. The van der Waals surface area contributed by atoms with Crippen molar-refractivity contribution in [3.63, 3.8) is 0 Å². The molecule has 0 bridgehead atoms. The fourth-order valence-electron chi connectivity index (χ4n) is 1.40. The summed E-state index contributed by atoms with van der Waals surface area (Å²) in [5, 5.41) is 0. The highest BCUT2D eigenvalue weighted by Gasteiger charge is 2.36. The molecular formula is C9H14O2. The molecule has 1 rings (SSSR count). The van der Waals surface area contributed by atoms with E-state index in [1.54, 1.807) is 0 Å². The van der Waals surface area contributed by atoms with Gasteiger partial charge in [-0.1, -0.05) is 27.4 Å². The first-order valence-corrected chi connectivity index (χ1v) is 3.93.